The average molecular weight is 248 g/mol. The fourth-order valence-corrected chi connectivity index (χ4v) is 2.09. The number of carbonyl (C=O) groups is 1. The number of nitrogens with one attached hydrogen (secondary N) is 2. The molecule has 1 heterocycles. The van der Waals surface area contributed by atoms with Gasteiger partial charge in [0.15, 0.2) is 0 Å². The zero-order valence-corrected chi connectivity index (χ0v) is 10.7. The number of carbonyl (C=O) groups excluding carboxylic acids is 1. The molecular formula is C14H20N2O2. The van der Waals surface area contributed by atoms with Crippen LogP contribution >= 0.6 is 0 Å². The molecule has 2 rings (SSSR count). The van der Waals surface area contributed by atoms with Crippen molar-refractivity contribution in [1.82, 2.24) is 5.32 Å². The molecule has 0 aromatic heterocycles. The van der Waals surface area contributed by atoms with Crippen LogP contribution < -0.4 is 10.6 Å². The van der Waals surface area contributed by atoms with Crippen LogP contribution in [0, 0.1) is 6.92 Å². The number of ether oxygens (including phenoxy) is 1. The molecule has 0 unspecified atom stereocenters. The van der Waals surface area contributed by atoms with Crippen molar-refractivity contribution in [3.8, 4) is 0 Å². The highest BCUT2D eigenvalue weighted by molar-refractivity contribution is 5.92. The van der Waals surface area contributed by atoms with Crippen LogP contribution in [-0.2, 0) is 9.53 Å². The van der Waals surface area contributed by atoms with Crippen LogP contribution in [0.4, 0.5) is 5.69 Å². The first-order chi connectivity index (χ1) is 8.75. The summed E-state index contributed by atoms with van der Waals surface area (Å²) in [6, 6.07) is 8.14. The molecule has 1 fully saturated rings. The molecule has 0 bridgehead atoms. The molecule has 98 valence electrons. The third-order valence-electron chi connectivity index (χ3n) is 3.13. The van der Waals surface area contributed by atoms with E-state index in [0.717, 1.165) is 24.2 Å². The van der Waals surface area contributed by atoms with Gasteiger partial charge in [0.25, 0.3) is 0 Å². The van der Waals surface area contributed by atoms with Crippen LogP contribution in [0.3, 0.4) is 0 Å². The zero-order chi connectivity index (χ0) is 12.8. The molecule has 1 aromatic rings. The van der Waals surface area contributed by atoms with Crippen LogP contribution in [0.25, 0.3) is 0 Å². The van der Waals surface area contributed by atoms with Gasteiger partial charge in [0.05, 0.1) is 6.61 Å². The molecule has 0 aliphatic carbocycles. The van der Waals surface area contributed by atoms with Crippen molar-refractivity contribution in [3.63, 3.8) is 0 Å². The first kappa shape index (κ1) is 13.1. The second kappa shape index (κ2) is 6.52. The van der Waals surface area contributed by atoms with Crippen molar-refractivity contribution >= 4 is 11.6 Å². The van der Waals surface area contributed by atoms with Crippen LogP contribution in [0.5, 0.6) is 0 Å². The summed E-state index contributed by atoms with van der Waals surface area (Å²) in [4.78, 5) is 11.7. The Hall–Kier alpha value is -1.39. The molecule has 0 saturated carbocycles. The Labute approximate surface area is 108 Å². The lowest BCUT2D eigenvalue weighted by atomic mass is 10.2. The van der Waals surface area contributed by atoms with Gasteiger partial charge >= 0.3 is 0 Å². The maximum atomic E-state index is 11.7. The van der Waals surface area contributed by atoms with Gasteiger partial charge in [0.2, 0.25) is 5.91 Å². The number of benzene rings is 1. The predicted octanol–water partition coefficient (Wildman–Crippen LogP) is 1.70. The van der Waals surface area contributed by atoms with Crippen LogP contribution in [0.1, 0.15) is 18.4 Å². The number of aryl methyl sites for hydroxylation is 1. The number of hydrogen-bond acceptors (Lipinski definition) is 3. The molecule has 1 aromatic carbocycles. The molecule has 1 aliphatic rings. The zero-order valence-electron chi connectivity index (χ0n) is 10.7. The van der Waals surface area contributed by atoms with E-state index in [0.29, 0.717) is 12.6 Å². The van der Waals surface area contributed by atoms with E-state index in [-0.39, 0.29) is 12.5 Å². The lowest BCUT2D eigenvalue weighted by molar-refractivity contribution is -0.120. The van der Waals surface area contributed by atoms with Crippen LogP contribution in [-0.4, -0.2) is 31.7 Å². The highest BCUT2D eigenvalue weighted by Gasteiger charge is 2.14. The van der Waals surface area contributed by atoms with Gasteiger partial charge in [0, 0.05) is 11.7 Å². The first-order valence-electron chi connectivity index (χ1n) is 6.42. The first-order valence-corrected chi connectivity index (χ1v) is 6.42. The predicted molar refractivity (Wildman–Crippen MR) is 71.7 cm³/mol. The van der Waals surface area contributed by atoms with Crippen molar-refractivity contribution < 1.29 is 9.53 Å². The summed E-state index contributed by atoms with van der Waals surface area (Å²) in [5.74, 6) is -0.0951. The molecule has 1 atom stereocenters. The third-order valence-corrected chi connectivity index (χ3v) is 3.13. The van der Waals surface area contributed by atoms with Gasteiger partial charge in [-0.2, -0.15) is 0 Å². The molecule has 1 saturated heterocycles. The number of rotatable bonds is 5. The Kier molecular flexibility index (Phi) is 4.73. The molecule has 18 heavy (non-hydrogen) atoms. The molecular weight excluding hydrogens is 228 g/mol. The summed E-state index contributed by atoms with van der Waals surface area (Å²) in [6.07, 6.45) is 2.34. The number of hydrogen-bond donors (Lipinski definition) is 2. The minimum atomic E-state index is -0.0951. The summed E-state index contributed by atoms with van der Waals surface area (Å²) >= 11 is 0. The standard InChI is InChI=1S/C14H20N2O2/c1-11-5-2-3-7-13(11)16-14(17)10-18-9-12-6-4-8-15-12/h2-3,5,7,12,15H,4,6,8-10H2,1H3,(H,16,17)/t12-/m0/s1. The number of amides is 1. The maximum absolute atomic E-state index is 11.7. The smallest absolute Gasteiger partial charge is 0.250 e. The monoisotopic (exact) mass is 248 g/mol. The topological polar surface area (TPSA) is 50.4 Å². The fourth-order valence-electron chi connectivity index (χ4n) is 2.09. The fraction of sp³-hybridized carbons (Fsp3) is 0.500. The van der Waals surface area contributed by atoms with Crippen LogP contribution in [0.15, 0.2) is 24.3 Å². The summed E-state index contributed by atoms with van der Waals surface area (Å²) in [7, 11) is 0. The van der Waals surface area contributed by atoms with Gasteiger partial charge in [-0.1, -0.05) is 18.2 Å². The molecule has 4 nitrogen and oxygen atoms in total. The average Bonchev–Trinajstić information content (AvgIpc) is 2.85. The summed E-state index contributed by atoms with van der Waals surface area (Å²) in [5, 5.41) is 6.18. The lowest BCUT2D eigenvalue weighted by Crippen LogP contribution is -2.29. The van der Waals surface area contributed by atoms with Crippen molar-refractivity contribution in [2.24, 2.45) is 0 Å². The van der Waals surface area contributed by atoms with E-state index in [1.54, 1.807) is 0 Å². The van der Waals surface area contributed by atoms with Crippen molar-refractivity contribution in [1.29, 1.82) is 0 Å². The highest BCUT2D eigenvalue weighted by atomic mass is 16.5. The van der Waals surface area contributed by atoms with Gasteiger partial charge in [-0.15, -0.1) is 0 Å². The summed E-state index contributed by atoms with van der Waals surface area (Å²) < 4.78 is 5.42. The van der Waals surface area contributed by atoms with E-state index < -0.39 is 0 Å². The normalized spacial score (nSPS) is 18.8. The highest BCUT2D eigenvalue weighted by Crippen LogP contribution is 2.12. The second-order valence-corrected chi connectivity index (χ2v) is 4.67. The Morgan fingerprint density at radius 3 is 3.06 bits per heavy atom. The minimum absolute atomic E-state index is 0.0951. The second-order valence-electron chi connectivity index (χ2n) is 4.67. The van der Waals surface area contributed by atoms with E-state index >= 15 is 0 Å². The number of para-hydroxylation sites is 1. The summed E-state index contributed by atoms with van der Waals surface area (Å²) in [5.41, 5.74) is 1.91. The van der Waals surface area contributed by atoms with Crippen molar-refractivity contribution in [2.45, 2.75) is 25.8 Å². The third kappa shape index (κ3) is 3.82. The van der Waals surface area contributed by atoms with Gasteiger partial charge in [-0.05, 0) is 37.9 Å². The Morgan fingerprint density at radius 2 is 2.33 bits per heavy atom. The van der Waals surface area contributed by atoms with E-state index in [2.05, 4.69) is 10.6 Å². The Morgan fingerprint density at radius 1 is 1.50 bits per heavy atom. The van der Waals surface area contributed by atoms with Gasteiger partial charge < -0.3 is 15.4 Å². The summed E-state index contributed by atoms with van der Waals surface area (Å²) in [6.45, 7) is 3.76. The largest absolute Gasteiger partial charge is 0.370 e. The van der Waals surface area contributed by atoms with E-state index in [1.165, 1.54) is 6.42 Å². The van der Waals surface area contributed by atoms with E-state index in [4.69, 9.17) is 4.74 Å². The Bertz CT molecular complexity index is 401. The van der Waals surface area contributed by atoms with Crippen molar-refractivity contribution in [2.75, 3.05) is 25.1 Å². The molecule has 4 heteroatoms. The molecule has 1 aliphatic heterocycles. The van der Waals surface area contributed by atoms with Crippen LogP contribution in [0.2, 0.25) is 0 Å². The van der Waals surface area contributed by atoms with E-state index in [9.17, 15) is 4.79 Å². The molecule has 1 amide bonds. The SMILES string of the molecule is Cc1ccccc1NC(=O)COC[C@@H]1CCCN1. The molecule has 0 spiro atoms. The van der Waals surface area contributed by atoms with E-state index in [1.807, 2.05) is 31.2 Å². The molecule has 0 radical (unpaired) electrons. The van der Waals surface area contributed by atoms with Crippen molar-refractivity contribution in [3.05, 3.63) is 29.8 Å². The molecule has 2 N–H and O–H groups in total. The van der Waals surface area contributed by atoms with Gasteiger partial charge in [0.1, 0.15) is 6.61 Å². The Balaban J connectivity index is 1.70. The van der Waals surface area contributed by atoms with Gasteiger partial charge in [-0.25, -0.2) is 0 Å². The quantitative estimate of drug-likeness (QED) is 0.834. The number of anilines is 1. The maximum Gasteiger partial charge on any atom is 0.250 e. The lowest BCUT2D eigenvalue weighted by Gasteiger charge is -2.11. The van der Waals surface area contributed by atoms with Gasteiger partial charge in [-0.3, -0.25) is 4.79 Å². The minimum Gasteiger partial charge on any atom is -0.370 e.